The molecule has 0 radical (unpaired) electrons. The van der Waals surface area contributed by atoms with Gasteiger partial charge in [0.15, 0.2) is 0 Å². The first-order chi connectivity index (χ1) is 5.77. The molecule has 1 rings (SSSR count). The molecule has 0 amide bonds. The number of rotatable bonds is 3. The molecular weight excluding hydrogens is 146 g/mol. The van der Waals surface area contributed by atoms with E-state index in [9.17, 15) is 0 Å². The molecule has 12 heavy (non-hydrogen) atoms. The minimum atomic E-state index is 0.961. The van der Waals surface area contributed by atoms with Crippen molar-refractivity contribution < 1.29 is 0 Å². The van der Waals surface area contributed by atoms with Crippen LogP contribution in [0.2, 0.25) is 0 Å². The first kappa shape index (κ1) is 10.0. The minimum absolute atomic E-state index is 0.961. The summed E-state index contributed by atoms with van der Waals surface area (Å²) in [5, 5.41) is 0. The summed E-state index contributed by atoms with van der Waals surface area (Å²) >= 11 is 0. The van der Waals surface area contributed by atoms with E-state index in [-0.39, 0.29) is 0 Å². The minimum Gasteiger partial charge on any atom is -0.303 e. The van der Waals surface area contributed by atoms with Crippen molar-refractivity contribution in [1.82, 2.24) is 4.90 Å². The smallest absolute Gasteiger partial charge is 0.00121 e. The molecule has 1 aliphatic rings. The highest BCUT2D eigenvalue weighted by Gasteiger charge is 2.23. The quantitative estimate of drug-likeness (QED) is 0.628. The highest BCUT2D eigenvalue weighted by atomic mass is 15.1. The van der Waals surface area contributed by atoms with E-state index in [1.165, 1.54) is 38.9 Å². The normalized spacial score (nSPS) is 32.2. The monoisotopic (exact) mass is 169 g/mol. The van der Waals surface area contributed by atoms with Crippen LogP contribution in [0.5, 0.6) is 0 Å². The molecule has 2 atom stereocenters. The number of likely N-dealkylation sites (tertiary alicyclic amines) is 1. The first-order valence-electron chi connectivity index (χ1n) is 5.50. The summed E-state index contributed by atoms with van der Waals surface area (Å²) < 4.78 is 0. The fourth-order valence-electron chi connectivity index (χ4n) is 2.28. The van der Waals surface area contributed by atoms with Crippen molar-refractivity contribution in [1.29, 1.82) is 0 Å². The van der Waals surface area contributed by atoms with Crippen LogP contribution in [0, 0.1) is 11.8 Å². The molecule has 1 heteroatoms. The SMILES string of the molecule is CCCN1CC[C@@H](C)[C@H](CC)C1. The van der Waals surface area contributed by atoms with Gasteiger partial charge >= 0.3 is 0 Å². The number of nitrogens with zero attached hydrogens (tertiary/aromatic N) is 1. The lowest BCUT2D eigenvalue weighted by atomic mass is 9.85. The molecule has 0 aromatic heterocycles. The van der Waals surface area contributed by atoms with Gasteiger partial charge in [0, 0.05) is 6.54 Å². The Morgan fingerprint density at radius 3 is 2.67 bits per heavy atom. The molecule has 1 fully saturated rings. The molecule has 0 aliphatic carbocycles. The van der Waals surface area contributed by atoms with Gasteiger partial charge in [0.2, 0.25) is 0 Å². The predicted molar refractivity (Wildman–Crippen MR) is 54.3 cm³/mol. The van der Waals surface area contributed by atoms with Crippen molar-refractivity contribution in [3.8, 4) is 0 Å². The van der Waals surface area contributed by atoms with Crippen LogP contribution in [0.4, 0.5) is 0 Å². The maximum atomic E-state index is 2.63. The Hall–Kier alpha value is -0.0400. The zero-order chi connectivity index (χ0) is 8.97. The third-order valence-corrected chi connectivity index (χ3v) is 3.26. The molecule has 0 saturated carbocycles. The summed E-state index contributed by atoms with van der Waals surface area (Å²) in [6.07, 6.45) is 4.09. The number of hydrogen-bond acceptors (Lipinski definition) is 1. The fourth-order valence-corrected chi connectivity index (χ4v) is 2.28. The molecule has 72 valence electrons. The fraction of sp³-hybridized carbons (Fsp3) is 1.00. The van der Waals surface area contributed by atoms with E-state index in [2.05, 4.69) is 25.7 Å². The Kier molecular flexibility index (Phi) is 4.07. The second-order valence-electron chi connectivity index (χ2n) is 4.23. The van der Waals surface area contributed by atoms with Crippen LogP contribution in [-0.2, 0) is 0 Å². The Balaban J connectivity index is 2.33. The molecule has 0 aromatic rings. The van der Waals surface area contributed by atoms with Crippen LogP contribution >= 0.6 is 0 Å². The topological polar surface area (TPSA) is 3.24 Å². The average Bonchev–Trinajstić information content (AvgIpc) is 2.09. The average molecular weight is 169 g/mol. The van der Waals surface area contributed by atoms with Gasteiger partial charge in [0.25, 0.3) is 0 Å². The summed E-state index contributed by atoms with van der Waals surface area (Å²) in [6, 6.07) is 0. The highest BCUT2D eigenvalue weighted by molar-refractivity contribution is 4.76. The van der Waals surface area contributed by atoms with Crippen LogP contribution in [0.25, 0.3) is 0 Å². The van der Waals surface area contributed by atoms with E-state index >= 15 is 0 Å². The van der Waals surface area contributed by atoms with Gasteiger partial charge in [0.05, 0.1) is 0 Å². The molecule has 0 unspecified atom stereocenters. The molecule has 1 heterocycles. The van der Waals surface area contributed by atoms with Crippen LogP contribution in [0.3, 0.4) is 0 Å². The maximum Gasteiger partial charge on any atom is 0.00121 e. The van der Waals surface area contributed by atoms with Gasteiger partial charge in [-0.15, -0.1) is 0 Å². The lowest BCUT2D eigenvalue weighted by molar-refractivity contribution is 0.125. The molecule has 1 nitrogen and oxygen atoms in total. The molecular formula is C11H23N. The molecule has 0 aromatic carbocycles. The van der Waals surface area contributed by atoms with Crippen LogP contribution in [-0.4, -0.2) is 24.5 Å². The van der Waals surface area contributed by atoms with Crippen molar-refractivity contribution >= 4 is 0 Å². The maximum absolute atomic E-state index is 2.63. The largest absolute Gasteiger partial charge is 0.303 e. The third kappa shape index (κ3) is 2.48. The summed E-state index contributed by atoms with van der Waals surface area (Å²) in [6.45, 7) is 11.0. The first-order valence-corrected chi connectivity index (χ1v) is 5.50. The second kappa shape index (κ2) is 4.86. The van der Waals surface area contributed by atoms with Crippen molar-refractivity contribution in [3.05, 3.63) is 0 Å². The molecule has 1 saturated heterocycles. The van der Waals surface area contributed by atoms with Gasteiger partial charge in [-0.2, -0.15) is 0 Å². The van der Waals surface area contributed by atoms with Gasteiger partial charge < -0.3 is 4.90 Å². The van der Waals surface area contributed by atoms with Crippen LogP contribution in [0.1, 0.15) is 40.0 Å². The predicted octanol–water partition coefficient (Wildman–Crippen LogP) is 2.76. The number of piperidine rings is 1. The van der Waals surface area contributed by atoms with E-state index in [4.69, 9.17) is 0 Å². The van der Waals surface area contributed by atoms with E-state index in [0.29, 0.717) is 0 Å². The number of hydrogen-bond donors (Lipinski definition) is 0. The van der Waals surface area contributed by atoms with Crippen molar-refractivity contribution in [2.24, 2.45) is 11.8 Å². The van der Waals surface area contributed by atoms with E-state index in [1.807, 2.05) is 0 Å². The van der Waals surface area contributed by atoms with Gasteiger partial charge in [-0.05, 0) is 37.8 Å². The summed E-state index contributed by atoms with van der Waals surface area (Å²) in [7, 11) is 0. The van der Waals surface area contributed by atoms with Crippen molar-refractivity contribution in [3.63, 3.8) is 0 Å². The van der Waals surface area contributed by atoms with E-state index in [0.717, 1.165) is 11.8 Å². The van der Waals surface area contributed by atoms with Gasteiger partial charge in [-0.3, -0.25) is 0 Å². The lowest BCUT2D eigenvalue weighted by Gasteiger charge is -2.36. The molecule has 0 bridgehead atoms. The van der Waals surface area contributed by atoms with Crippen molar-refractivity contribution in [2.75, 3.05) is 19.6 Å². The summed E-state index contributed by atoms with van der Waals surface area (Å²) in [5.41, 5.74) is 0. The standard InChI is InChI=1S/C11H23N/c1-4-7-12-8-6-10(3)11(5-2)9-12/h10-11H,4-9H2,1-3H3/t10-,11-/m1/s1. The highest BCUT2D eigenvalue weighted by Crippen LogP contribution is 2.25. The van der Waals surface area contributed by atoms with Gasteiger partial charge in [0.1, 0.15) is 0 Å². The summed E-state index contributed by atoms with van der Waals surface area (Å²) in [5.74, 6) is 1.92. The molecule has 1 aliphatic heterocycles. The molecule has 0 N–H and O–H groups in total. The Morgan fingerprint density at radius 1 is 1.33 bits per heavy atom. The Morgan fingerprint density at radius 2 is 2.08 bits per heavy atom. The van der Waals surface area contributed by atoms with Crippen LogP contribution < -0.4 is 0 Å². The zero-order valence-corrected chi connectivity index (χ0v) is 8.84. The van der Waals surface area contributed by atoms with Crippen LogP contribution in [0.15, 0.2) is 0 Å². The van der Waals surface area contributed by atoms with Gasteiger partial charge in [-0.25, -0.2) is 0 Å². The van der Waals surface area contributed by atoms with Gasteiger partial charge in [-0.1, -0.05) is 27.2 Å². The Labute approximate surface area is 77.1 Å². The summed E-state index contributed by atoms with van der Waals surface area (Å²) in [4.78, 5) is 2.63. The van der Waals surface area contributed by atoms with E-state index in [1.54, 1.807) is 0 Å². The Bertz CT molecular complexity index is 122. The van der Waals surface area contributed by atoms with Crippen molar-refractivity contribution in [2.45, 2.75) is 40.0 Å². The lowest BCUT2D eigenvalue weighted by Crippen LogP contribution is -2.39. The van der Waals surface area contributed by atoms with E-state index < -0.39 is 0 Å². The zero-order valence-electron chi connectivity index (χ0n) is 8.84. The third-order valence-electron chi connectivity index (χ3n) is 3.26. The molecule has 0 spiro atoms. The second-order valence-corrected chi connectivity index (χ2v) is 4.23.